The number of hydrogen-bond donors (Lipinski definition) is 2. The topological polar surface area (TPSA) is 83.8 Å². The lowest BCUT2D eigenvalue weighted by Gasteiger charge is -2.15. The van der Waals surface area contributed by atoms with Gasteiger partial charge in [-0.1, -0.05) is 69.7 Å². The first-order valence-electron chi connectivity index (χ1n) is 9.48. The number of hydrogen-bond acceptors (Lipinski definition) is 4. The number of phenolic OH excluding ortho intramolecular Hbond substituents is 1. The highest BCUT2D eigenvalue weighted by molar-refractivity contribution is 7.86. The first-order valence-corrected chi connectivity index (χ1v) is 10.9. The molecule has 2 rings (SSSR count). The summed E-state index contributed by atoms with van der Waals surface area (Å²) in [6.07, 6.45) is 8.58. The average Bonchev–Trinajstić information content (AvgIpc) is 2.62. The van der Waals surface area contributed by atoms with E-state index in [1.807, 2.05) is 6.07 Å². The Kier molecular flexibility index (Phi) is 8.13. The first-order chi connectivity index (χ1) is 12.9. The molecule has 0 saturated carbocycles. The number of aryl methyl sites for hydroxylation is 1. The van der Waals surface area contributed by atoms with Gasteiger partial charge in [-0.2, -0.15) is 8.42 Å². The third-order valence-corrected chi connectivity index (χ3v) is 5.35. The maximum atomic E-state index is 11.8. The van der Waals surface area contributed by atoms with Gasteiger partial charge in [0.1, 0.15) is 11.5 Å². The summed E-state index contributed by atoms with van der Waals surface area (Å²) < 4.78 is 39.0. The monoisotopic (exact) mass is 392 g/mol. The van der Waals surface area contributed by atoms with E-state index in [1.54, 1.807) is 30.3 Å². The van der Waals surface area contributed by atoms with Crippen molar-refractivity contribution < 1.29 is 22.8 Å². The van der Waals surface area contributed by atoms with Crippen LogP contribution in [0.25, 0.3) is 0 Å². The molecule has 0 unspecified atom stereocenters. The third kappa shape index (κ3) is 6.56. The van der Waals surface area contributed by atoms with Crippen LogP contribution in [0.1, 0.15) is 57.4 Å². The van der Waals surface area contributed by atoms with Crippen LogP contribution < -0.4 is 4.74 Å². The van der Waals surface area contributed by atoms with Gasteiger partial charge >= 0.3 is 10.1 Å². The number of aromatic hydroxyl groups is 1. The molecule has 2 aromatic carbocycles. The van der Waals surface area contributed by atoms with Gasteiger partial charge in [0.05, 0.1) is 0 Å². The van der Waals surface area contributed by atoms with Crippen LogP contribution in [0.5, 0.6) is 17.2 Å². The molecular formula is C21H28O5S. The number of unbranched alkanes of at least 4 members (excludes halogenated alkanes) is 6. The Labute approximate surface area is 161 Å². The van der Waals surface area contributed by atoms with E-state index in [0.717, 1.165) is 19.3 Å². The lowest BCUT2D eigenvalue weighted by Crippen LogP contribution is -2.04. The van der Waals surface area contributed by atoms with E-state index in [-0.39, 0.29) is 5.75 Å². The SMILES string of the molecule is CCCCCCCCCc1ccc(O)c(S(=O)(=O)O)c1Oc1ccccc1. The van der Waals surface area contributed by atoms with Crippen LogP contribution in [0.15, 0.2) is 47.4 Å². The van der Waals surface area contributed by atoms with Crippen molar-refractivity contribution in [3.8, 4) is 17.2 Å². The molecule has 0 radical (unpaired) electrons. The zero-order chi connectivity index (χ0) is 19.7. The lowest BCUT2D eigenvalue weighted by atomic mass is 10.0. The Balaban J connectivity index is 2.18. The highest BCUT2D eigenvalue weighted by Crippen LogP contribution is 2.39. The summed E-state index contributed by atoms with van der Waals surface area (Å²) in [5, 5.41) is 10.0. The highest BCUT2D eigenvalue weighted by atomic mass is 32.2. The molecule has 0 aliphatic rings. The quantitative estimate of drug-likeness (QED) is 0.377. The number of benzene rings is 2. The second-order valence-electron chi connectivity index (χ2n) is 6.66. The standard InChI is InChI=1S/C21H28O5S/c1-2-3-4-5-6-7-9-12-17-15-16-19(22)21(27(23,24)25)20(17)26-18-13-10-8-11-14-18/h8,10-11,13-16,22H,2-7,9,12H2,1H3,(H,23,24,25). The average molecular weight is 393 g/mol. The summed E-state index contributed by atoms with van der Waals surface area (Å²) >= 11 is 0. The summed E-state index contributed by atoms with van der Waals surface area (Å²) in [6.45, 7) is 2.19. The molecule has 0 spiro atoms. The zero-order valence-electron chi connectivity index (χ0n) is 15.7. The Morgan fingerprint density at radius 3 is 2.15 bits per heavy atom. The largest absolute Gasteiger partial charge is 0.506 e. The van der Waals surface area contributed by atoms with E-state index in [1.165, 1.54) is 31.7 Å². The fraction of sp³-hybridized carbons (Fsp3) is 0.429. The van der Waals surface area contributed by atoms with Crippen LogP contribution in [0.3, 0.4) is 0 Å². The van der Waals surface area contributed by atoms with Crippen LogP contribution >= 0.6 is 0 Å². The van der Waals surface area contributed by atoms with Crippen LogP contribution in [-0.2, 0) is 16.5 Å². The molecule has 0 bridgehead atoms. The van der Waals surface area contributed by atoms with Crippen molar-refractivity contribution in [3.63, 3.8) is 0 Å². The van der Waals surface area contributed by atoms with Crippen LogP contribution in [0.2, 0.25) is 0 Å². The fourth-order valence-corrected chi connectivity index (χ4v) is 3.77. The molecule has 2 aromatic rings. The first kappa shape index (κ1) is 21.3. The molecule has 0 aliphatic heterocycles. The highest BCUT2D eigenvalue weighted by Gasteiger charge is 2.25. The molecule has 5 nitrogen and oxygen atoms in total. The van der Waals surface area contributed by atoms with E-state index in [0.29, 0.717) is 17.7 Å². The number of phenols is 1. The van der Waals surface area contributed by atoms with Crippen molar-refractivity contribution in [2.24, 2.45) is 0 Å². The predicted molar refractivity (Wildman–Crippen MR) is 106 cm³/mol. The number of rotatable bonds is 11. The van der Waals surface area contributed by atoms with Gasteiger partial charge in [-0.3, -0.25) is 4.55 Å². The van der Waals surface area contributed by atoms with E-state index >= 15 is 0 Å². The molecule has 0 aromatic heterocycles. The molecule has 0 heterocycles. The van der Waals surface area contributed by atoms with Gasteiger partial charge in [-0.25, -0.2) is 0 Å². The van der Waals surface area contributed by atoms with Crippen LogP contribution in [0.4, 0.5) is 0 Å². The smallest absolute Gasteiger partial charge is 0.301 e. The maximum absolute atomic E-state index is 11.8. The van der Waals surface area contributed by atoms with Crippen molar-refractivity contribution in [3.05, 3.63) is 48.0 Å². The molecule has 2 N–H and O–H groups in total. The number of ether oxygens (including phenoxy) is 1. The molecule has 0 fully saturated rings. The summed E-state index contributed by atoms with van der Waals surface area (Å²) in [4.78, 5) is -0.577. The summed E-state index contributed by atoms with van der Waals surface area (Å²) in [6, 6.07) is 11.7. The Bertz CT molecular complexity index is 816. The van der Waals surface area contributed by atoms with E-state index in [9.17, 15) is 18.1 Å². The molecule has 0 aliphatic carbocycles. The molecule has 6 heteroatoms. The minimum absolute atomic E-state index is 0.00492. The van der Waals surface area contributed by atoms with Gasteiger partial charge in [-0.05, 0) is 36.6 Å². The van der Waals surface area contributed by atoms with Crippen molar-refractivity contribution >= 4 is 10.1 Å². The van der Waals surface area contributed by atoms with Gasteiger partial charge in [-0.15, -0.1) is 0 Å². The van der Waals surface area contributed by atoms with E-state index < -0.39 is 20.8 Å². The van der Waals surface area contributed by atoms with E-state index in [2.05, 4.69) is 6.92 Å². The van der Waals surface area contributed by atoms with Crippen LogP contribution in [-0.4, -0.2) is 18.1 Å². The van der Waals surface area contributed by atoms with Gasteiger partial charge in [0.25, 0.3) is 0 Å². The second-order valence-corrected chi connectivity index (χ2v) is 8.02. The van der Waals surface area contributed by atoms with Gasteiger partial charge < -0.3 is 9.84 Å². The maximum Gasteiger partial charge on any atom is 0.301 e. The van der Waals surface area contributed by atoms with E-state index in [4.69, 9.17) is 4.74 Å². The number of para-hydroxylation sites is 1. The fourth-order valence-electron chi connectivity index (χ4n) is 3.03. The van der Waals surface area contributed by atoms with Crippen molar-refractivity contribution in [2.75, 3.05) is 0 Å². The Morgan fingerprint density at radius 2 is 1.52 bits per heavy atom. The predicted octanol–water partition coefficient (Wildman–Crippen LogP) is 5.72. The van der Waals surface area contributed by atoms with Crippen molar-refractivity contribution in [2.45, 2.75) is 63.2 Å². The molecule has 0 amide bonds. The van der Waals surface area contributed by atoms with Gasteiger partial charge in [0.15, 0.2) is 10.6 Å². The summed E-state index contributed by atoms with van der Waals surface area (Å²) in [7, 11) is -4.63. The Hall–Kier alpha value is -2.05. The summed E-state index contributed by atoms with van der Waals surface area (Å²) in [5.41, 5.74) is 0.651. The molecule has 0 atom stereocenters. The lowest BCUT2D eigenvalue weighted by molar-refractivity contribution is 0.411. The Morgan fingerprint density at radius 1 is 0.889 bits per heavy atom. The minimum Gasteiger partial charge on any atom is -0.506 e. The normalized spacial score (nSPS) is 11.5. The van der Waals surface area contributed by atoms with Crippen LogP contribution in [0, 0.1) is 0 Å². The van der Waals surface area contributed by atoms with Crippen molar-refractivity contribution in [1.82, 2.24) is 0 Å². The van der Waals surface area contributed by atoms with Gasteiger partial charge in [0, 0.05) is 0 Å². The molecule has 148 valence electrons. The zero-order valence-corrected chi connectivity index (χ0v) is 16.5. The third-order valence-electron chi connectivity index (χ3n) is 4.44. The van der Waals surface area contributed by atoms with Gasteiger partial charge in [0.2, 0.25) is 0 Å². The van der Waals surface area contributed by atoms with Crippen molar-refractivity contribution in [1.29, 1.82) is 0 Å². The molecule has 0 saturated heterocycles. The molecule has 27 heavy (non-hydrogen) atoms. The summed E-state index contributed by atoms with van der Waals surface area (Å²) in [5.74, 6) is -0.0877. The minimum atomic E-state index is -4.63. The second kappa shape index (κ2) is 10.3. The molecular weight excluding hydrogens is 364 g/mol.